The topological polar surface area (TPSA) is 35.5 Å². The Bertz CT molecular complexity index is 417. The quantitative estimate of drug-likeness (QED) is 0.332. The van der Waals surface area contributed by atoms with Gasteiger partial charge in [0.15, 0.2) is 0 Å². The van der Waals surface area contributed by atoms with E-state index < -0.39 is 0 Å². The number of carbonyl (C=O) groups excluding carboxylic acids is 1. The number of allylic oxidation sites excluding steroid dienone is 1. The summed E-state index contributed by atoms with van der Waals surface area (Å²) in [5.74, 6) is -0.282. The number of carbonyl (C=O) groups is 1. The molecule has 0 aromatic heterocycles. The lowest BCUT2D eigenvalue weighted by molar-refractivity contribution is -0.138. The van der Waals surface area contributed by atoms with Gasteiger partial charge in [-0.05, 0) is 32.3 Å². The van der Waals surface area contributed by atoms with Gasteiger partial charge in [0, 0.05) is 6.08 Å². The van der Waals surface area contributed by atoms with Crippen LogP contribution in [-0.4, -0.2) is 23.1 Å². The van der Waals surface area contributed by atoms with Crippen LogP contribution in [0.2, 0.25) is 0 Å². The van der Waals surface area contributed by atoms with Crippen LogP contribution in [0, 0.1) is 0 Å². The molecular formula is C15H22O3Si. The minimum Gasteiger partial charge on any atom is -0.463 e. The second kappa shape index (κ2) is 7.91. The van der Waals surface area contributed by atoms with Gasteiger partial charge in [0.25, 0.3) is 0 Å². The average molecular weight is 278 g/mol. The van der Waals surface area contributed by atoms with E-state index in [-0.39, 0.29) is 11.6 Å². The Morgan fingerprint density at radius 1 is 1.37 bits per heavy atom. The van der Waals surface area contributed by atoms with Crippen LogP contribution in [0.25, 0.3) is 0 Å². The highest BCUT2D eigenvalue weighted by molar-refractivity contribution is 5.98. The predicted molar refractivity (Wildman–Crippen MR) is 79.8 cm³/mol. The fourth-order valence-electron chi connectivity index (χ4n) is 1.92. The molecule has 0 saturated carbocycles. The Hall–Kier alpha value is -1.39. The van der Waals surface area contributed by atoms with Crippen molar-refractivity contribution in [3.8, 4) is 0 Å². The van der Waals surface area contributed by atoms with E-state index in [0.29, 0.717) is 17.1 Å². The first-order valence-corrected chi connectivity index (χ1v) is 7.34. The maximum atomic E-state index is 11.2. The lowest BCUT2D eigenvalue weighted by Crippen LogP contribution is -2.25. The third kappa shape index (κ3) is 5.01. The summed E-state index contributed by atoms with van der Waals surface area (Å²) < 4.78 is 10.9. The Balaban J connectivity index is 2.47. The summed E-state index contributed by atoms with van der Waals surface area (Å²) in [4.78, 5) is 11.2. The molecule has 0 heterocycles. The molecule has 0 aliphatic heterocycles. The molecule has 1 rings (SSSR count). The van der Waals surface area contributed by atoms with Crippen LogP contribution in [0.5, 0.6) is 0 Å². The summed E-state index contributed by atoms with van der Waals surface area (Å²) in [6, 6.07) is 10.2. The van der Waals surface area contributed by atoms with E-state index >= 15 is 0 Å². The summed E-state index contributed by atoms with van der Waals surface area (Å²) in [7, 11) is 0.679. The highest BCUT2D eigenvalue weighted by atomic mass is 28.2. The van der Waals surface area contributed by atoms with Crippen molar-refractivity contribution in [1.82, 2.24) is 0 Å². The molecule has 0 fully saturated rings. The third-order valence-corrected chi connectivity index (χ3v) is 4.08. The summed E-state index contributed by atoms with van der Waals surface area (Å²) >= 11 is 0. The molecule has 1 aromatic rings. The van der Waals surface area contributed by atoms with Gasteiger partial charge >= 0.3 is 5.97 Å². The molecule has 3 nitrogen and oxygen atoms in total. The Morgan fingerprint density at radius 3 is 2.63 bits per heavy atom. The van der Waals surface area contributed by atoms with Crippen LogP contribution in [0.1, 0.15) is 32.3 Å². The summed E-state index contributed by atoms with van der Waals surface area (Å²) in [6.07, 6.45) is 4.73. The largest absolute Gasteiger partial charge is 0.463 e. The number of benzene rings is 1. The van der Waals surface area contributed by atoms with Crippen molar-refractivity contribution in [2.45, 2.75) is 32.3 Å². The van der Waals surface area contributed by atoms with Crippen LogP contribution in [0.4, 0.5) is 0 Å². The first-order chi connectivity index (χ1) is 9.12. The first-order valence-electron chi connectivity index (χ1n) is 6.52. The molecular weight excluding hydrogens is 256 g/mol. The molecule has 0 saturated heterocycles. The Labute approximate surface area is 118 Å². The van der Waals surface area contributed by atoms with Crippen molar-refractivity contribution in [2.24, 2.45) is 0 Å². The van der Waals surface area contributed by atoms with Crippen LogP contribution in [0.15, 0.2) is 42.5 Å². The van der Waals surface area contributed by atoms with E-state index in [1.54, 1.807) is 13.0 Å². The van der Waals surface area contributed by atoms with Gasteiger partial charge in [-0.2, -0.15) is 0 Å². The van der Waals surface area contributed by atoms with Crippen molar-refractivity contribution >= 4 is 16.5 Å². The van der Waals surface area contributed by atoms with E-state index in [4.69, 9.17) is 9.16 Å². The van der Waals surface area contributed by atoms with E-state index in [0.717, 1.165) is 12.8 Å². The van der Waals surface area contributed by atoms with Crippen molar-refractivity contribution in [2.75, 3.05) is 6.61 Å². The molecule has 0 N–H and O–H groups in total. The van der Waals surface area contributed by atoms with Crippen LogP contribution in [-0.2, 0) is 19.6 Å². The van der Waals surface area contributed by atoms with Gasteiger partial charge in [-0.15, -0.1) is 0 Å². The minimum atomic E-state index is -0.282. The zero-order valence-electron chi connectivity index (χ0n) is 11.9. The summed E-state index contributed by atoms with van der Waals surface area (Å²) in [5.41, 5.74) is 0.894. The molecule has 1 aromatic carbocycles. The number of esters is 1. The zero-order valence-corrected chi connectivity index (χ0v) is 13.9. The van der Waals surface area contributed by atoms with Crippen molar-refractivity contribution < 1.29 is 14.0 Å². The summed E-state index contributed by atoms with van der Waals surface area (Å²) in [6.45, 7) is 4.31. The second-order valence-electron chi connectivity index (χ2n) is 4.57. The normalized spacial score (nSPS) is 14.4. The van der Waals surface area contributed by atoms with E-state index in [1.807, 2.05) is 18.2 Å². The van der Waals surface area contributed by atoms with Crippen LogP contribution >= 0.6 is 0 Å². The van der Waals surface area contributed by atoms with Gasteiger partial charge in [0.1, 0.15) is 10.5 Å². The standard InChI is InChI=1S/C15H22O3Si/c1-3-8-14(16)17-12-7-11-15(2,18-19)13-9-5-4-6-10-13/h3-6,8-10H,7,11-12H2,1-2,19H3. The van der Waals surface area contributed by atoms with E-state index in [1.165, 1.54) is 11.6 Å². The molecule has 19 heavy (non-hydrogen) atoms. The Kier molecular flexibility index (Phi) is 6.52. The molecule has 0 bridgehead atoms. The lowest BCUT2D eigenvalue weighted by atomic mass is 9.91. The number of rotatable bonds is 7. The van der Waals surface area contributed by atoms with Crippen LogP contribution in [0.3, 0.4) is 0 Å². The van der Waals surface area contributed by atoms with Crippen molar-refractivity contribution in [1.29, 1.82) is 0 Å². The van der Waals surface area contributed by atoms with E-state index in [2.05, 4.69) is 19.1 Å². The van der Waals surface area contributed by atoms with Gasteiger partial charge < -0.3 is 9.16 Å². The van der Waals surface area contributed by atoms with Gasteiger partial charge in [0.05, 0.1) is 12.2 Å². The molecule has 0 spiro atoms. The number of hydrogen-bond donors (Lipinski definition) is 0. The second-order valence-corrected chi connectivity index (χ2v) is 4.98. The highest BCUT2D eigenvalue weighted by Gasteiger charge is 2.24. The number of hydrogen-bond acceptors (Lipinski definition) is 3. The molecule has 0 radical (unpaired) electrons. The first kappa shape index (κ1) is 15.7. The lowest BCUT2D eigenvalue weighted by Gasteiger charge is -2.29. The summed E-state index contributed by atoms with van der Waals surface area (Å²) in [5, 5.41) is 0. The van der Waals surface area contributed by atoms with Crippen molar-refractivity contribution in [3.05, 3.63) is 48.0 Å². The molecule has 4 heteroatoms. The van der Waals surface area contributed by atoms with Gasteiger partial charge in [0.2, 0.25) is 0 Å². The zero-order chi connectivity index (χ0) is 14.1. The maximum absolute atomic E-state index is 11.2. The molecule has 104 valence electrons. The SMILES string of the molecule is CC=CC(=O)OCCCC(C)(O[SiH3])c1ccccc1. The van der Waals surface area contributed by atoms with E-state index in [9.17, 15) is 4.79 Å². The maximum Gasteiger partial charge on any atom is 0.330 e. The Morgan fingerprint density at radius 2 is 2.05 bits per heavy atom. The fraction of sp³-hybridized carbons (Fsp3) is 0.400. The monoisotopic (exact) mass is 278 g/mol. The smallest absolute Gasteiger partial charge is 0.330 e. The molecule has 0 aliphatic carbocycles. The average Bonchev–Trinajstić information content (AvgIpc) is 2.44. The van der Waals surface area contributed by atoms with Gasteiger partial charge in [-0.25, -0.2) is 4.79 Å². The van der Waals surface area contributed by atoms with Gasteiger partial charge in [-0.1, -0.05) is 36.4 Å². The number of ether oxygens (including phenoxy) is 1. The van der Waals surface area contributed by atoms with Gasteiger partial charge in [-0.3, -0.25) is 0 Å². The molecule has 0 amide bonds. The minimum absolute atomic E-state index is 0.277. The molecule has 1 unspecified atom stereocenters. The molecule has 1 atom stereocenters. The fourth-order valence-corrected chi connectivity index (χ4v) is 2.36. The third-order valence-electron chi connectivity index (χ3n) is 3.18. The molecule has 0 aliphatic rings. The van der Waals surface area contributed by atoms with Crippen molar-refractivity contribution in [3.63, 3.8) is 0 Å². The van der Waals surface area contributed by atoms with Crippen LogP contribution < -0.4 is 0 Å². The highest BCUT2D eigenvalue weighted by Crippen LogP contribution is 2.29. The predicted octanol–water partition coefficient (Wildman–Crippen LogP) is 2.10.